The van der Waals surface area contributed by atoms with Gasteiger partial charge in [-0.05, 0) is 30.7 Å². The summed E-state index contributed by atoms with van der Waals surface area (Å²) in [5.41, 5.74) is 0.723. The summed E-state index contributed by atoms with van der Waals surface area (Å²) in [5, 5.41) is 8.74. The van der Waals surface area contributed by atoms with Crippen LogP contribution in [0.2, 0.25) is 0 Å². The quantitative estimate of drug-likeness (QED) is 0.491. The van der Waals surface area contributed by atoms with E-state index in [0.717, 1.165) is 5.56 Å². The van der Waals surface area contributed by atoms with E-state index in [1.54, 1.807) is 24.3 Å². The van der Waals surface area contributed by atoms with Crippen molar-refractivity contribution in [2.24, 2.45) is 0 Å². The molecule has 0 aliphatic carbocycles. The smallest absolute Gasteiger partial charge is 0.371 e. The van der Waals surface area contributed by atoms with Crippen molar-refractivity contribution in [2.45, 2.75) is 12.3 Å². The van der Waals surface area contributed by atoms with E-state index in [1.807, 2.05) is 6.92 Å². The van der Waals surface area contributed by atoms with Crippen LogP contribution in [0.15, 0.2) is 30.0 Å². The van der Waals surface area contributed by atoms with E-state index in [1.165, 1.54) is 13.2 Å². The first kappa shape index (κ1) is 14.4. The molecule has 0 radical (unpaired) electrons. The van der Waals surface area contributed by atoms with Crippen molar-refractivity contribution >= 4 is 23.6 Å². The molecule has 0 bridgehead atoms. The van der Waals surface area contributed by atoms with E-state index < -0.39 is 5.97 Å². The van der Waals surface area contributed by atoms with Gasteiger partial charge in [0.15, 0.2) is 0 Å². The number of alkyl halides is 1. The van der Waals surface area contributed by atoms with E-state index >= 15 is 0 Å². The lowest BCUT2D eigenvalue weighted by molar-refractivity contribution is -0.135. The van der Waals surface area contributed by atoms with Gasteiger partial charge in [0.25, 0.3) is 0 Å². The van der Waals surface area contributed by atoms with Crippen LogP contribution in [-0.2, 0) is 9.53 Å². The minimum Gasteiger partial charge on any atom is -0.492 e. The van der Waals surface area contributed by atoms with Gasteiger partial charge in [0, 0.05) is 0 Å². The maximum atomic E-state index is 10.7. The van der Waals surface area contributed by atoms with Gasteiger partial charge in [-0.3, -0.25) is 0 Å². The fraction of sp³-hybridized carbons (Fsp3) is 0.308. The molecule has 1 N–H and O–H groups in total. The molecule has 1 aromatic carbocycles. The number of ether oxygens (including phenoxy) is 2. The predicted molar refractivity (Wildman–Crippen MR) is 69.9 cm³/mol. The van der Waals surface area contributed by atoms with Crippen LogP contribution in [-0.4, -0.2) is 30.2 Å². The van der Waals surface area contributed by atoms with Crippen LogP contribution in [0.4, 0.5) is 0 Å². The van der Waals surface area contributed by atoms with Crippen molar-refractivity contribution in [3.63, 3.8) is 0 Å². The van der Waals surface area contributed by atoms with E-state index in [2.05, 4.69) is 0 Å². The summed E-state index contributed by atoms with van der Waals surface area (Å²) in [4.78, 5) is 10.7. The lowest BCUT2D eigenvalue weighted by atomic mass is 10.2. The topological polar surface area (TPSA) is 55.8 Å². The highest BCUT2D eigenvalue weighted by molar-refractivity contribution is 6.20. The predicted octanol–water partition coefficient (Wildman–Crippen LogP) is 2.76. The number of carbonyl (C=O) groups is 1. The molecule has 1 unspecified atom stereocenters. The number of hydrogen-bond donors (Lipinski definition) is 1. The van der Waals surface area contributed by atoms with Gasteiger partial charge in [-0.2, -0.15) is 0 Å². The molecule has 4 nitrogen and oxygen atoms in total. The van der Waals surface area contributed by atoms with Gasteiger partial charge in [-0.15, -0.1) is 11.6 Å². The number of carboxylic acid groups (broad SMARTS) is 1. The second-order valence-corrected chi connectivity index (χ2v) is 4.42. The Morgan fingerprint density at radius 2 is 2.06 bits per heavy atom. The molecule has 0 heterocycles. The van der Waals surface area contributed by atoms with Gasteiger partial charge in [0.05, 0.1) is 12.5 Å². The summed E-state index contributed by atoms with van der Waals surface area (Å²) in [6, 6.07) is 6.99. The molecule has 0 aromatic heterocycles. The Bertz CT molecular complexity index is 423. The minimum atomic E-state index is -1.10. The SMILES string of the molecule is CO/C(=C\c1ccc(OCC(C)Cl)cc1)C(=O)O. The summed E-state index contributed by atoms with van der Waals surface area (Å²) in [6.07, 6.45) is 1.44. The summed E-state index contributed by atoms with van der Waals surface area (Å²) in [5.74, 6) is -0.527. The molecular formula is C13H15ClO4. The Balaban J connectivity index is 2.73. The lowest BCUT2D eigenvalue weighted by Gasteiger charge is -2.07. The molecule has 1 rings (SSSR count). The molecule has 0 aliphatic heterocycles. The zero-order chi connectivity index (χ0) is 13.5. The van der Waals surface area contributed by atoms with Crippen molar-refractivity contribution in [1.82, 2.24) is 0 Å². The second-order valence-electron chi connectivity index (χ2n) is 3.68. The van der Waals surface area contributed by atoms with Crippen LogP contribution in [0.3, 0.4) is 0 Å². The number of halogens is 1. The van der Waals surface area contributed by atoms with Crippen LogP contribution in [0.25, 0.3) is 6.08 Å². The van der Waals surface area contributed by atoms with Crippen molar-refractivity contribution in [3.05, 3.63) is 35.6 Å². The Hall–Kier alpha value is -1.68. The molecule has 0 spiro atoms. The first-order valence-electron chi connectivity index (χ1n) is 5.39. The average Bonchev–Trinajstić information content (AvgIpc) is 2.34. The maximum absolute atomic E-state index is 10.7. The van der Waals surface area contributed by atoms with Crippen molar-refractivity contribution in [2.75, 3.05) is 13.7 Å². The van der Waals surface area contributed by atoms with Crippen molar-refractivity contribution < 1.29 is 19.4 Å². The molecule has 0 amide bonds. The van der Waals surface area contributed by atoms with Gasteiger partial charge in [0.2, 0.25) is 5.76 Å². The minimum absolute atomic E-state index is 0.0586. The van der Waals surface area contributed by atoms with Gasteiger partial charge >= 0.3 is 5.97 Å². The fourth-order valence-corrected chi connectivity index (χ4v) is 1.29. The third-order valence-electron chi connectivity index (χ3n) is 2.09. The number of rotatable bonds is 6. The summed E-state index contributed by atoms with van der Waals surface area (Å²) in [6.45, 7) is 2.27. The summed E-state index contributed by atoms with van der Waals surface area (Å²) >= 11 is 5.77. The Kier molecular flexibility index (Phi) is 5.52. The maximum Gasteiger partial charge on any atom is 0.371 e. The van der Waals surface area contributed by atoms with Gasteiger partial charge in [0.1, 0.15) is 12.4 Å². The second kappa shape index (κ2) is 6.91. The molecule has 5 heteroatoms. The van der Waals surface area contributed by atoms with E-state index in [0.29, 0.717) is 12.4 Å². The third kappa shape index (κ3) is 4.67. The van der Waals surface area contributed by atoms with Crippen LogP contribution >= 0.6 is 11.6 Å². The monoisotopic (exact) mass is 270 g/mol. The molecule has 1 aromatic rings. The standard InChI is InChI=1S/C13H15ClO4/c1-9(14)8-18-11-5-3-10(4-6-11)7-12(17-2)13(15)16/h3-7,9H,8H2,1-2H3,(H,15,16)/b12-7-. The van der Waals surface area contributed by atoms with Crippen molar-refractivity contribution in [3.8, 4) is 5.75 Å². The van der Waals surface area contributed by atoms with Crippen LogP contribution in [0, 0.1) is 0 Å². The Morgan fingerprint density at radius 1 is 1.44 bits per heavy atom. The molecule has 0 saturated carbocycles. The van der Waals surface area contributed by atoms with E-state index in [9.17, 15) is 4.79 Å². The molecule has 0 fully saturated rings. The Labute approximate surface area is 111 Å². The molecular weight excluding hydrogens is 256 g/mol. The zero-order valence-corrected chi connectivity index (χ0v) is 11.0. The van der Waals surface area contributed by atoms with Gasteiger partial charge < -0.3 is 14.6 Å². The normalized spacial score (nSPS) is 12.9. The largest absolute Gasteiger partial charge is 0.492 e. The van der Waals surface area contributed by atoms with Gasteiger partial charge in [-0.1, -0.05) is 12.1 Å². The average molecular weight is 271 g/mol. The number of methoxy groups -OCH3 is 1. The number of hydrogen-bond acceptors (Lipinski definition) is 3. The van der Waals surface area contributed by atoms with Gasteiger partial charge in [-0.25, -0.2) is 4.79 Å². The van der Waals surface area contributed by atoms with Crippen LogP contribution in [0.1, 0.15) is 12.5 Å². The first-order valence-corrected chi connectivity index (χ1v) is 5.82. The van der Waals surface area contributed by atoms with E-state index in [4.69, 9.17) is 26.2 Å². The number of benzene rings is 1. The van der Waals surface area contributed by atoms with Crippen LogP contribution < -0.4 is 4.74 Å². The summed E-state index contributed by atoms with van der Waals surface area (Å²) in [7, 11) is 1.32. The Morgan fingerprint density at radius 3 is 2.50 bits per heavy atom. The summed E-state index contributed by atoms with van der Waals surface area (Å²) < 4.78 is 10.1. The lowest BCUT2D eigenvalue weighted by Crippen LogP contribution is -2.07. The number of carboxylic acids is 1. The molecule has 0 saturated heterocycles. The highest BCUT2D eigenvalue weighted by Gasteiger charge is 2.06. The molecule has 98 valence electrons. The highest BCUT2D eigenvalue weighted by atomic mass is 35.5. The third-order valence-corrected chi connectivity index (χ3v) is 2.21. The van der Waals surface area contributed by atoms with Crippen LogP contribution in [0.5, 0.6) is 5.75 Å². The van der Waals surface area contributed by atoms with Crippen molar-refractivity contribution in [1.29, 1.82) is 0 Å². The fourth-order valence-electron chi connectivity index (χ4n) is 1.23. The van der Waals surface area contributed by atoms with E-state index in [-0.39, 0.29) is 11.1 Å². The molecule has 1 atom stereocenters. The first-order chi connectivity index (χ1) is 8.52. The molecule has 0 aliphatic rings. The molecule has 18 heavy (non-hydrogen) atoms. The number of aliphatic carboxylic acids is 1. The zero-order valence-electron chi connectivity index (χ0n) is 10.2. The highest BCUT2D eigenvalue weighted by Crippen LogP contribution is 2.15.